The van der Waals surface area contributed by atoms with Crippen LogP contribution < -0.4 is 5.32 Å². The van der Waals surface area contributed by atoms with Crippen LogP contribution in [-0.2, 0) is 4.79 Å². The van der Waals surface area contributed by atoms with E-state index >= 15 is 0 Å². The number of fused-ring (bicyclic) bond motifs is 1. The number of nitrogens with zero attached hydrogens (tertiary/aromatic N) is 3. The number of pyridine rings is 2. The molecule has 0 bridgehead atoms. The van der Waals surface area contributed by atoms with Gasteiger partial charge in [-0.1, -0.05) is 11.6 Å². The van der Waals surface area contributed by atoms with E-state index in [1.54, 1.807) is 13.1 Å². The number of rotatable bonds is 3. The van der Waals surface area contributed by atoms with Gasteiger partial charge >= 0.3 is 0 Å². The number of carbonyl (C=O) groups excluding carboxylic acids is 1. The summed E-state index contributed by atoms with van der Waals surface area (Å²) in [6, 6.07) is 7.97. The summed E-state index contributed by atoms with van der Waals surface area (Å²) in [7, 11) is 0. The van der Waals surface area contributed by atoms with Gasteiger partial charge in [-0.15, -0.1) is 0 Å². The molecule has 3 aromatic rings. The van der Waals surface area contributed by atoms with Gasteiger partial charge in [0.2, 0.25) is 5.91 Å². The molecule has 26 heavy (non-hydrogen) atoms. The summed E-state index contributed by atoms with van der Waals surface area (Å²) >= 11 is 6.27. The van der Waals surface area contributed by atoms with Gasteiger partial charge in [0.15, 0.2) is 0 Å². The van der Waals surface area contributed by atoms with Crippen molar-refractivity contribution in [2.75, 3.05) is 18.4 Å². The van der Waals surface area contributed by atoms with Crippen molar-refractivity contribution in [3.05, 3.63) is 41.8 Å². The highest BCUT2D eigenvalue weighted by Gasteiger charge is 2.22. The van der Waals surface area contributed by atoms with Crippen LogP contribution in [0.1, 0.15) is 19.8 Å². The number of amides is 1. The maximum Gasteiger partial charge on any atom is 0.219 e. The molecule has 0 aromatic carbocycles. The fourth-order valence-corrected chi connectivity index (χ4v) is 3.72. The van der Waals surface area contributed by atoms with Crippen LogP contribution in [0, 0.1) is 0 Å². The molecule has 0 saturated carbocycles. The average Bonchev–Trinajstić information content (AvgIpc) is 3.05. The predicted molar refractivity (Wildman–Crippen MR) is 103 cm³/mol. The number of anilines is 1. The molecule has 134 valence electrons. The van der Waals surface area contributed by atoms with Crippen molar-refractivity contribution >= 4 is 34.4 Å². The average molecular weight is 370 g/mol. The van der Waals surface area contributed by atoms with Gasteiger partial charge < -0.3 is 15.2 Å². The topological polar surface area (TPSA) is 73.9 Å². The molecule has 0 spiro atoms. The molecule has 4 heterocycles. The van der Waals surface area contributed by atoms with Gasteiger partial charge in [-0.05, 0) is 42.7 Å². The zero-order valence-electron chi connectivity index (χ0n) is 14.5. The van der Waals surface area contributed by atoms with Crippen molar-refractivity contribution in [1.82, 2.24) is 19.9 Å². The molecule has 4 rings (SSSR count). The molecule has 0 radical (unpaired) electrons. The maximum absolute atomic E-state index is 11.6. The number of hydrogen-bond acceptors (Lipinski definition) is 4. The zero-order valence-corrected chi connectivity index (χ0v) is 15.3. The summed E-state index contributed by atoms with van der Waals surface area (Å²) in [5.41, 5.74) is 2.86. The smallest absolute Gasteiger partial charge is 0.219 e. The standard InChI is InChI=1S/C19H20ClN5O/c1-12(26)25-7-3-4-14(11-25)23-18-9-13(8-17(20)24-18)16-10-22-19-15(16)5-2-6-21-19/h2,5-6,8-10,14H,3-4,7,11H2,1H3,(H,21,22)(H,23,24). The number of halogens is 1. The third kappa shape index (κ3) is 3.37. The second-order valence-corrected chi connectivity index (χ2v) is 7.00. The van der Waals surface area contributed by atoms with Gasteiger partial charge in [-0.25, -0.2) is 9.97 Å². The monoisotopic (exact) mass is 369 g/mol. The minimum atomic E-state index is 0.113. The highest BCUT2D eigenvalue weighted by molar-refractivity contribution is 6.29. The molecule has 1 fully saturated rings. The van der Waals surface area contributed by atoms with Crippen molar-refractivity contribution in [2.24, 2.45) is 0 Å². The van der Waals surface area contributed by atoms with Crippen LogP contribution >= 0.6 is 11.6 Å². The van der Waals surface area contributed by atoms with Gasteiger partial charge in [-0.3, -0.25) is 4.79 Å². The fraction of sp³-hybridized carbons (Fsp3) is 0.316. The molecule has 1 aliphatic rings. The molecule has 1 aliphatic heterocycles. The predicted octanol–water partition coefficient (Wildman–Crippen LogP) is 3.70. The normalized spacial score (nSPS) is 17.5. The number of H-pyrrole nitrogens is 1. The lowest BCUT2D eigenvalue weighted by Gasteiger charge is -2.32. The quantitative estimate of drug-likeness (QED) is 0.690. The van der Waals surface area contributed by atoms with Crippen LogP contribution in [-0.4, -0.2) is 44.9 Å². The van der Waals surface area contributed by atoms with E-state index in [9.17, 15) is 4.79 Å². The van der Waals surface area contributed by atoms with E-state index in [4.69, 9.17) is 11.6 Å². The summed E-state index contributed by atoms with van der Waals surface area (Å²) in [4.78, 5) is 25.4. The van der Waals surface area contributed by atoms with Gasteiger partial charge in [0.25, 0.3) is 0 Å². The van der Waals surface area contributed by atoms with Crippen LogP contribution in [0.25, 0.3) is 22.2 Å². The van der Waals surface area contributed by atoms with E-state index in [0.717, 1.165) is 47.4 Å². The van der Waals surface area contributed by atoms with E-state index in [2.05, 4.69) is 20.3 Å². The Bertz CT molecular complexity index is 954. The molecule has 1 unspecified atom stereocenters. The van der Waals surface area contributed by atoms with Gasteiger partial charge in [0.1, 0.15) is 16.6 Å². The summed E-state index contributed by atoms with van der Waals surface area (Å²) in [5, 5.41) is 4.92. The molecule has 1 amide bonds. The minimum absolute atomic E-state index is 0.113. The van der Waals surface area contributed by atoms with Crippen LogP contribution in [0.4, 0.5) is 5.82 Å². The van der Waals surface area contributed by atoms with E-state index < -0.39 is 0 Å². The van der Waals surface area contributed by atoms with Crippen molar-refractivity contribution in [2.45, 2.75) is 25.8 Å². The summed E-state index contributed by atoms with van der Waals surface area (Å²) in [6.45, 7) is 3.13. The maximum atomic E-state index is 11.6. The van der Waals surface area contributed by atoms with Gasteiger partial charge in [-0.2, -0.15) is 0 Å². The van der Waals surface area contributed by atoms with Crippen LogP contribution in [0.2, 0.25) is 5.15 Å². The fourth-order valence-electron chi connectivity index (χ4n) is 3.51. The van der Waals surface area contributed by atoms with Crippen LogP contribution in [0.15, 0.2) is 36.7 Å². The molecule has 7 heteroatoms. The van der Waals surface area contributed by atoms with Gasteiger partial charge in [0.05, 0.1) is 0 Å². The first-order valence-corrected chi connectivity index (χ1v) is 9.10. The van der Waals surface area contributed by atoms with Crippen molar-refractivity contribution in [3.63, 3.8) is 0 Å². The highest BCUT2D eigenvalue weighted by atomic mass is 35.5. The van der Waals surface area contributed by atoms with Crippen molar-refractivity contribution in [3.8, 4) is 11.1 Å². The highest BCUT2D eigenvalue weighted by Crippen LogP contribution is 2.31. The lowest BCUT2D eigenvalue weighted by atomic mass is 10.0. The number of carbonyl (C=O) groups is 1. The minimum Gasteiger partial charge on any atom is -0.365 e. The third-order valence-electron chi connectivity index (χ3n) is 4.77. The van der Waals surface area contributed by atoms with Gasteiger partial charge in [0, 0.05) is 49.4 Å². The van der Waals surface area contributed by atoms with E-state index in [0.29, 0.717) is 11.7 Å². The number of piperidine rings is 1. The Labute approximate surface area is 156 Å². The number of likely N-dealkylation sites (tertiary alicyclic amines) is 1. The Balaban J connectivity index is 1.61. The Morgan fingerprint density at radius 2 is 2.31 bits per heavy atom. The first-order valence-electron chi connectivity index (χ1n) is 8.72. The van der Waals surface area contributed by atoms with E-state index in [1.807, 2.05) is 35.4 Å². The Morgan fingerprint density at radius 3 is 3.15 bits per heavy atom. The second kappa shape index (κ2) is 6.96. The van der Waals surface area contributed by atoms with E-state index in [-0.39, 0.29) is 11.9 Å². The third-order valence-corrected chi connectivity index (χ3v) is 4.97. The first kappa shape index (κ1) is 16.8. The molecular formula is C19H20ClN5O. The summed E-state index contributed by atoms with van der Waals surface area (Å²) in [6.07, 6.45) is 5.69. The Morgan fingerprint density at radius 1 is 1.42 bits per heavy atom. The molecule has 1 saturated heterocycles. The Kier molecular flexibility index (Phi) is 4.51. The number of aromatic nitrogens is 3. The van der Waals surface area contributed by atoms with Crippen LogP contribution in [0.3, 0.4) is 0 Å². The molecular weight excluding hydrogens is 350 g/mol. The lowest BCUT2D eigenvalue weighted by molar-refractivity contribution is -0.129. The van der Waals surface area contributed by atoms with E-state index in [1.165, 1.54) is 0 Å². The first-order chi connectivity index (χ1) is 12.6. The summed E-state index contributed by atoms with van der Waals surface area (Å²) < 4.78 is 0. The van der Waals surface area contributed by atoms with Crippen LogP contribution in [0.5, 0.6) is 0 Å². The molecule has 2 N–H and O–H groups in total. The molecule has 3 aromatic heterocycles. The SMILES string of the molecule is CC(=O)N1CCCC(Nc2cc(-c3c[nH]c4ncccc34)cc(Cl)n2)C1. The van der Waals surface area contributed by atoms with Crippen molar-refractivity contribution in [1.29, 1.82) is 0 Å². The molecule has 1 atom stereocenters. The number of nitrogens with one attached hydrogen (secondary N) is 2. The number of aromatic amines is 1. The lowest BCUT2D eigenvalue weighted by Crippen LogP contribution is -2.44. The number of hydrogen-bond donors (Lipinski definition) is 2. The molecule has 6 nitrogen and oxygen atoms in total. The Hall–Kier alpha value is -2.60. The second-order valence-electron chi connectivity index (χ2n) is 6.61. The summed E-state index contributed by atoms with van der Waals surface area (Å²) in [5.74, 6) is 0.837. The van der Waals surface area contributed by atoms with Crippen molar-refractivity contribution < 1.29 is 4.79 Å². The zero-order chi connectivity index (χ0) is 18.1. The molecule has 0 aliphatic carbocycles. The largest absolute Gasteiger partial charge is 0.365 e.